The molecule has 1 amide bonds. The van der Waals surface area contributed by atoms with E-state index in [1.165, 1.54) is 0 Å². The van der Waals surface area contributed by atoms with Crippen LogP contribution in [-0.2, 0) is 9.53 Å². The molecule has 1 aromatic heterocycles. The lowest BCUT2D eigenvalue weighted by Crippen LogP contribution is -2.39. The average molecular weight is 316 g/mol. The number of amides is 1. The highest BCUT2D eigenvalue weighted by Crippen LogP contribution is 2.53. The van der Waals surface area contributed by atoms with Gasteiger partial charge in [0.2, 0.25) is 11.8 Å². The lowest BCUT2D eigenvalue weighted by atomic mass is 9.69. The van der Waals surface area contributed by atoms with Gasteiger partial charge in [0.25, 0.3) is 0 Å². The van der Waals surface area contributed by atoms with Crippen LogP contribution in [0.4, 0.5) is 5.69 Å². The fraction of sp³-hybridized carbons (Fsp3) is 0.667. The molecule has 124 valence electrons. The molecule has 1 aliphatic carbocycles. The Bertz CT molecular complexity index is 597. The molecule has 0 radical (unpaired) electrons. The van der Waals surface area contributed by atoms with Crippen molar-refractivity contribution in [2.75, 3.05) is 18.1 Å². The Kier molecular flexibility index (Phi) is 3.38. The summed E-state index contributed by atoms with van der Waals surface area (Å²) >= 11 is 0. The maximum atomic E-state index is 13.0. The fourth-order valence-corrected chi connectivity index (χ4v) is 3.95. The van der Waals surface area contributed by atoms with E-state index in [2.05, 4.69) is 4.98 Å². The maximum absolute atomic E-state index is 13.0. The SMILES string of the molecule is CC(C)Oc1ccc(N2CC[C@]3(CC[C@]4(CC3)CO4)C2=O)cn1. The van der Waals surface area contributed by atoms with E-state index in [0.29, 0.717) is 5.88 Å². The van der Waals surface area contributed by atoms with E-state index >= 15 is 0 Å². The van der Waals surface area contributed by atoms with Gasteiger partial charge in [0.1, 0.15) is 0 Å². The number of pyridine rings is 1. The molecule has 3 heterocycles. The van der Waals surface area contributed by atoms with E-state index < -0.39 is 0 Å². The second-order valence-electron chi connectivity index (χ2n) is 7.48. The van der Waals surface area contributed by atoms with Crippen molar-refractivity contribution in [2.24, 2.45) is 5.41 Å². The summed E-state index contributed by atoms with van der Waals surface area (Å²) in [6.07, 6.45) is 6.80. The maximum Gasteiger partial charge on any atom is 0.233 e. The van der Waals surface area contributed by atoms with Crippen LogP contribution in [0.1, 0.15) is 46.0 Å². The van der Waals surface area contributed by atoms with Gasteiger partial charge in [-0.2, -0.15) is 0 Å². The topological polar surface area (TPSA) is 55.0 Å². The Hall–Kier alpha value is -1.62. The summed E-state index contributed by atoms with van der Waals surface area (Å²) in [6, 6.07) is 3.79. The van der Waals surface area contributed by atoms with Crippen LogP contribution < -0.4 is 9.64 Å². The molecule has 3 aliphatic rings. The van der Waals surface area contributed by atoms with Gasteiger partial charge >= 0.3 is 0 Å². The monoisotopic (exact) mass is 316 g/mol. The highest BCUT2D eigenvalue weighted by Gasteiger charge is 2.56. The predicted molar refractivity (Wildman–Crippen MR) is 86.6 cm³/mol. The molecule has 0 atom stereocenters. The molecule has 3 fully saturated rings. The Balaban J connectivity index is 1.47. The molecule has 2 aliphatic heterocycles. The summed E-state index contributed by atoms with van der Waals surface area (Å²) in [4.78, 5) is 19.2. The fourth-order valence-electron chi connectivity index (χ4n) is 3.95. The van der Waals surface area contributed by atoms with Crippen molar-refractivity contribution in [3.05, 3.63) is 18.3 Å². The molecule has 2 saturated heterocycles. The van der Waals surface area contributed by atoms with E-state index in [4.69, 9.17) is 9.47 Å². The van der Waals surface area contributed by atoms with Crippen LogP contribution >= 0.6 is 0 Å². The van der Waals surface area contributed by atoms with E-state index in [1.54, 1.807) is 6.20 Å². The smallest absolute Gasteiger partial charge is 0.233 e. The first kappa shape index (κ1) is 14.9. The summed E-state index contributed by atoms with van der Waals surface area (Å²) in [5, 5.41) is 0. The quantitative estimate of drug-likeness (QED) is 0.805. The van der Waals surface area contributed by atoms with Crippen LogP contribution in [0, 0.1) is 5.41 Å². The molecule has 5 nitrogen and oxygen atoms in total. The Morgan fingerprint density at radius 3 is 2.52 bits per heavy atom. The third kappa shape index (κ3) is 2.61. The second kappa shape index (κ2) is 5.20. The van der Waals surface area contributed by atoms with Crippen LogP contribution in [0.15, 0.2) is 18.3 Å². The first-order valence-corrected chi connectivity index (χ1v) is 8.61. The molecule has 1 saturated carbocycles. The molecule has 5 heteroatoms. The average Bonchev–Trinajstić information content (AvgIpc) is 3.23. The van der Waals surface area contributed by atoms with E-state index in [-0.39, 0.29) is 23.0 Å². The number of nitrogens with zero attached hydrogens (tertiary/aromatic N) is 2. The third-order valence-electron chi connectivity index (χ3n) is 5.57. The molecule has 0 bridgehead atoms. The number of hydrogen-bond acceptors (Lipinski definition) is 4. The van der Waals surface area contributed by atoms with Gasteiger partial charge in [0.15, 0.2) is 0 Å². The zero-order valence-electron chi connectivity index (χ0n) is 13.9. The van der Waals surface area contributed by atoms with Gasteiger partial charge in [-0.05, 0) is 52.0 Å². The van der Waals surface area contributed by atoms with Crippen LogP contribution in [0.25, 0.3) is 0 Å². The number of anilines is 1. The predicted octanol–water partition coefficient (Wildman–Crippen LogP) is 2.93. The lowest BCUT2D eigenvalue weighted by molar-refractivity contribution is -0.127. The molecule has 0 unspecified atom stereocenters. The molecule has 2 spiro atoms. The highest BCUT2D eigenvalue weighted by molar-refractivity contribution is 5.99. The zero-order valence-corrected chi connectivity index (χ0v) is 13.9. The van der Waals surface area contributed by atoms with Gasteiger partial charge in [-0.3, -0.25) is 4.79 Å². The van der Waals surface area contributed by atoms with Crippen LogP contribution in [0.5, 0.6) is 5.88 Å². The van der Waals surface area contributed by atoms with Gasteiger partial charge in [-0.25, -0.2) is 4.98 Å². The number of aromatic nitrogens is 1. The first-order valence-electron chi connectivity index (χ1n) is 8.61. The van der Waals surface area contributed by atoms with Crippen molar-refractivity contribution in [2.45, 2.75) is 57.7 Å². The largest absolute Gasteiger partial charge is 0.475 e. The Morgan fingerprint density at radius 2 is 1.96 bits per heavy atom. The number of ether oxygens (including phenoxy) is 2. The summed E-state index contributed by atoms with van der Waals surface area (Å²) in [5.41, 5.74) is 0.853. The number of rotatable bonds is 3. The molecule has 23 heavy (non-hydrogen) atoms. The minimum atomic E-state index is -0.162. The summed E-state index contributed by atoms with van der Waals surface area (Å²) in [7, 11) is 0. The van der Waals surface area contributed by atoms with Crippen molar-refractivity contribution in [3.63, 3.8) is 0 Å². The standard InChI is InChI=1S/C18H24N2O3/c1-13(2)23-15-4-3-14(11-19-15)20-10-9-17(16(20)21)5-7-18(8-6-17)12-22-18/h3-4,11,13H,5-10,12H2,1-2H3/t17-,18+. The minimum Gasteiger partial charge on any atom is -0.475 e. The van der Waals surface area contributed by atoms with Crippen molar-refractivity contribution in [1.29, 1.82) is 0 Å². The van der Waals surface area contributed by atoms with E-state index in [0.717, 1.165) is 50.9 Å². The number of epoxide rings is 1. The van der Waals surface area contributed by atoms with Gasteiger partial charge < -0.3 is 14.4 Å². The highest BCUT2D eigenvalue weighted by atomic mass is 16.6. The van der Waals surface area contributed by atoms with Crippen LogP contribution in [0.3, 0.4) is 0 Å². The molecular weight excluding hydrogens is 292 g/mol. The second-order valence-corrected chi connectivity index (χ2v) is 7.48. The van der Waals surface area contributed by atoms with Gasteiger partial charge in [-0.1, -0.05) is 0 Å². The third-order valence-corrected chi connectivity index (χ3v) is 5.57. The van der Waals surface area contributed by atoms with Gasteiger partial charge in [0.05, 0.1) is 35.6 Å². The number of carbonyl (C=O) groups excluding carboxylic acids is 1. The minimum absolute atomic E-state index is 0.101. The van der Waals surface area contributed by atoms with Crippen molar-refractivity contribution in [1.82, 2.24) is 4.98 Å². The van der Waals surface area contributed by atoms with Gasteiger partial charge in [-0.15, -0.1) is 0 Å². The number of carbonyl (C=O) groups is 1. The summed E-state index contributed by atoms with van der Waals surface area (Å²) in [6.45, 7) is 5.63. The number of hydrogen-bond donors (Lipinski definition) is 0. The van der Waals surface area contributed by atoms with E-state index in [9.17, 15) is 4.79 Å². The lowest BCUT2D eigenvalue weighted by Gasteiger charge is -2.34. The first-order chi connectivity index (χ1) is 11.0. The normalized spacial score (nSPS) is 33.0. The summed E-state index contributed by atoms with van der Waals surface area (Å²) < 4.78 is 11.2. The molecule has 4 rings (SSSR count). The van der Waals surface area contributed by atoms with Crippen LogP contribution in [-0.4, -0.2) is 35.7 Å². The van der Waals surface area contributed by atoms with Crippen molar-refractivity contribution >= 4 is 11.6 Å². The molecule has 0 aromatic carbocycles. The van der Waals surface area contributed by atoms with Crippen molar-refractivity contribution in [3.8, 4) is 5.88 Å². The Morgan fingerprint density at radius 1 is 1.22 bits per heavy atom. The van der Waals surface area contributed by atoms with E-state index in [1.807, 2.05) is 30.9 Å². The molecule has 1 aromatic rings. The Labute approximate surface area is 137 Å². The van der Waals surface area contributed by atoms with Crippen molar-refractivity contribution < 1.29 is 14.3 Å². The molecular formula is C18H24N2O3. The summed E-state index contributed by atoms with van der Waals surface area (Å²) in [5.74, 6) is 0.878. The van der Waals surface area contributed by atoms with Gasteiger partial charge in [0, 0.05) is 12.6 Å². The van der Waals surface area contributed by atoms with Crippen LogP contribution in [0.2, 0.25) is 0 Å². The molecule has 0 N–H and O–H groups in total. The zero-order chi connectivity index (χ0) is 16.1.